The Labute approximate surface area is 101 Å². The highest BCUT2D eigenvalue weighted by molar-refractivity contribution is 9.10. The van der Waals surface area contributed by atoms with Gasteiger partial charge in [0.2, 0.25) is 0 Å². The number of esters is 1. The van der Waals surface area contributed by atoms with Gasteiger partial charge in [-0.2, -0.15) is 10.2 Å². The molecule has 4 nitrogen and oxygen atoms in total. The van der Waals surface area contributed by atoms with Crippen LogP contribution in [-0.4, -0.2) is 19.1 Å². The summed E-state index contributed by atoms with van der Waals surface area (Å²) in [5.74, 6) is -0.839. The summed E-state index contributed by atoms with van der Waals surface area (Å²) in [7, 11) is 1.28. The van der Waals surface area contributed by atoms with E-state index in [1.54, 1.807) is 6.92 Å². The fourth-order valence-corrected chi connectivity index (χ4v) is 1.36. The third-order valence-corrected chi connectivity index (χ3v) is 2.43. The Kier molecular flexibility index (Phi) is 4.54. The highest BCUT2D eigenvalue weighted by Crippen LogP contribution is 2.26. The van der Waals surface area contributed by atoms with E-state index >= 15 is 0 Å². The van der Waals surface area contributed by atoms with Gasteiger partial charge in [-0.15, -0.1) is 0 Å². The Morgan fingerprint density at radius 1 is 1.56 bits per heavy atom. The molecule has 1 rings (SSSR count). The normalized spacial score (nSPS) is 12.8. The zero-order chi connectivity index (χ0) is 12.1. The highest BCUT2D eigenvalue weighted by Gasteiger charge is 2.11. The van der Waals surface area contributed by atoms with Gasteiger partial charge >= 0.3 is 5.97 Å². The summed E-state index contributed by atoms with van der Waals surface area (Å²) < 4.78 is 17.7. The average molecular weight is 289 g/mol. The molecule has 0 aromatic heterocycles. The quantitative estimate of drug-likeness (QED) is 0.633. The van der Waals surface area contributed by atoms with Gasteiger partial charge in [-0.1, -0.05) is 0 Å². The molecule has 0 saturated carbocycles. The smallest absolute Gasteiger partial charge is 0.332 e. The van der Waals surface area contributed by atoms with Crippen molar-refractivity contribution >= 4 is 27.6 Å². The predicted octanol–water partition coefficient (Wildman–Crippen LogP) is 3.23. The number of rotatable bonds is 3. The number of halogens is 2. The molecule has 0 N–H and O–H groups in total. The lowest BCUT2D eigenvalue weighted by Gasteiger charge is -2.02. The van der Waals surface area contributed by atoms with Crippen LogP contribution in [0.5, 0.6) is 0 Å². The van der Waals surface area contributed by atoms with Crippen LogP contribution >= 0.6 is 15.9 Å². The van der Waals surface area contributed by atoms with E-state index in [1.165, 1.54) is 25.3 Å². The maximum atomic E-state index is 12.8. The molecule has 1 aromatic carbocycles. The lowest BCUT2D eigenvalue weighted by molar-refractivity contribution is -0.141. The molecule has 0 spiro atoms. The third kappa shape index (κ3) is 3.37. The van der Waals surface area contributed by atoms with Crippen molar-refractivity contribution in [1.82, 2.24) is 0 Å². The second-order valence-corrected chi connectivity index (χ2v) is 3.86. The lowest BCUT2D eigenvalue weighted by atomic mass is 10.3. The number of azo groups is 1. The second kappa shape index (κ2) is 5.69. The minimum absolute atomic E-state index is 0.369. The first kappa shape index (κ1) is 12.8. The van der Waals surface area contributed by atoms with Crippen LogP contribution in [0.4, 0.5) is 10.1 Å². The molecule has 1 atom stereocenters. The Bertz CT molecular complexity index is 423. The van der Waals surface area contributed by atoms with Crippen LogP contribution in [0.2, 0.25) is 0 Å². The first-order valence-corrected chi connectivity index (χ1v) is 5.27. The van der Waals surface area contributed by atoms with E-state index in [1.807, 2.05) is 0 Å². The second-order valence-electron chi connectivity index (χ2n) is 3.01. The predicted molar refractivity (Wildman–Crippen MR) is 60.1 cm³/mol. The molecule has 1 aromatic rings. The summed E-state index contributed by atoms with van der Waals surface area (Å²) in [6.45, 7) is 1.56. The fraction of sp³-hybridized carbons (Fsp3) is 0.300. The molecule has 6 heteroatoms. The van der Waals surface area contributed by atoms with Crippen LogP contribution in [0.15, 0.2) is 32.9 Å². The van der Waals surface area contributed by atoms with E-state index in [0.717, 1.165) is 0 Å². The molecular formula is C10H10BrFN2O2. The molecule has 0 heterocycles. The van der Waals surface area contributed by atoms with Crippen LogP contribution in [0.1, 0.15) is 6.92 Å². The van der Waals surface area contributed by atoms with Gasteiger partial charge < -0.3 is 4.74 Å². The Hall–Kier alpha value is -1.30. The maximum absolute atomic E-state index is 12.8. The molecule has 0 fully saturated rings. The summed E-state index contributed by atoms with van der Waals surface area (Å²) in [6, 6.07) is 3.33. The van der Waals surface area contributed by atoms with Crippen molar-refractivity contribution in [2.45, 2.75) is 13.0 Å². The van der Waals surface area contributed by atoms with Crippen LogP contribution in [0, 0.1) is 5.82 Å². The SMILES string of the molecule is COC(=O)C(C)N=Nc1ccc(F)cc1Br. The number of hydrogen-bond donors (Lipinski definition) is 0. The molecule has 0 radical (unpaired) electrons. The van der Waals surface area contributed by atoms with Crippen molar-refractivity contribution in [3.8, 4) is 0 Å². The molecule has 0 bridgehead atoms. The summed E-state index contributed by atoms with van der Waals surface area (Å²) in [5, 5.41) is 7.58. The van der Waals surface area contributed by atoms with Crippen molar-refractivity contribution in [2.75, 3.05) is 7.11 Å². The van der Waals surface area contributed by atoms with Gasteiger partial charge in [0.05, 0.1) is 12.8 Å². The average Bonchev–Trinajstić information content (AvgIpc) is 2.26. The molecule has 86 valence electrons. The van der Waals surface area contributed by atoms with Crippen molar-refractivity contribution in [2.24, 2.45) is 10.2 Å². The standard InChI is InChI=1S/C10H10BrFN2O2/c1-6(10(15)16-2)13-14-9-4-3-7(12)5-8(9)11/h3-6H,1-2H3. The Balaban J connectivity index is 2.80. The molecular weight excluding hydrogens is 279 g/mol. The van der Waals surface area contributed by atoms with Gasteiger partial charge in [0.25, 0.3) is 0 Å². The van der Waals surface area contributed by atoms with E-state index < -0.39 is 12.0 Å². The van der Waals surface area contributed by atoms with Gasteiger partial charge in [0, 0.05) is 4.47 Å². The molecule has 0 aliphatic carbocycles. The Morgan fingerprint density at radius 3 is 2.81 bits per heavy atom. The topological polar surface area (TPSA) is 51.0 Å². The molecule has 1 unspecified atom stereocenters. The first-order valence-electron chi connectivity index (χ1n) is 4.48. The highest BCUT2D eigenvalue weighted by atomic mass is 79.9. The summed E-state index contributed by atoms with van der Waals surface area (Å²) in [4.78, 5) is 11.0. The zero-order valence-electron chi connectivity index (χ0n) is 8.78. The molecule has 16 heavy (non-hydrogen) atoms. The molecule has 0 saturated heterocycles. The first-order chi connectivity index (χ1) is 7.54. The molecule has 0 aliphatic heterocycles. The number of carbonyl (C=O) groups is 1. The zero-order valence-corrected chi connectivity index (χ0v) is 10.4. The van der Waals surface area contributed by atoms with Gasteiger partial charge in [-0.25, -0.2) is 9.18 Å². The fourth-order valence-electron chi connectivity index (χ4n) is 0.929. The van der Waals surface area contributed by atoms with Crippen LogP contribution in [0.25, 0.3) is 0 Å². The molecule has 0 amide bonds. The van der Waals surface area contributed by atoms with E-state index in [4.69, 9.17) is 0 Å². The van der Waals surface area contributed by atoms with Crippen molar-refractivity contribution in [3.05, 3.63) is 28.5 Å². The van der Waals surface area contributed by atoms with E-state index in [9.17, 15) is 9.18 Å². The number of hydrogen-bond acceptors (Lipinski definition) is 4. The minimum Gasteiger partial charge on any atom is -0.467 e. The van der Waals surface area contributed by atoms with Crippen molar-refractivity contribution in [1.29, 1.82) is 0 Å². The third-order valence-electron chi connectivity index (χ3n) is 1.79. The largest absolute Gasteiger partial charge is 0.467 e. The number of ether oxygens (including phenoxy) is 1. The monoisotopic (exact) mass is 288 g/mol. The Morgan fingerprint density at radius 2 is 2.25 bits per heavy atom. The summed E-state index contributed by atoms with van der Waals surface area (Å²) >= 11 is 3.14. The van der Waals surface area contributed by atoms with Crippen molar-refractivity contribution in [3.63, 3.8) is 0 Å². The van der Waals surface area contributed by atoms with Gasteiger partial charge in [0.1, 0.15) is 5.82 Å². The van der Waals surface area contributed by atoms with Crippen LogP contribution in [-0.2, 0) is 9.53 Å². The maximum Gasteiger partial charge on any atom is 0.332 e. The number of benzene rings is 1. The lowest BCUT2D eigenvalue weighted by Crippen LogP contribution is -2.15. The minimum atomic E-state index is -0.679. The van der Waals surface area contributed by atoms with E-state index in [-0.39, 0.29) is 5.82 Å². The van der Waals surface area contributed by atoms with Crippen LogP contribution < -0.4 is 0 Å². The number of nitrogens with zero attached hydrogens (tertiary/aromatic N) is 2. The van der Waals surface area contributed by atoms with Gasteiger partial charge in [0.15, 0.2) is 6.04 Å². The van der Waals surface area contributed by atoms with Crippen LogP contribution in [0.3, 0.4) is 0 Å². The number of carbonyl (C=O) groups excluding carboxylic acids is 1. The summed E-state index contributed by atoms with van der Waals surface area (Å²) in [5.41, 5.74) is 0.456. The summed E-state index contributed by atoms with van der Waals surface area (Å²) in [6.07, 6.45) is 0. The van der Waals surface area contributed by atoms with E-state index in [0.29, 0.717) is 10.2 Å². The number of methoxy groups -OCH3 is 1. The van der Waals surface area contributed by atoms with Gasteiger partial charge in [-0.05, 0) is 41.1 Å². The van der Waals surface area contributed by atoms with E-state index in [2.05, 4.69) is 30.9 Å². The van der Waals surface area contributed by atoms with Gasteiger partial charge in [-0.3, -0.25) is 0 Å². The molecule has 0 aliphatic rings. The van der Waals surface area contributed by atoms with Crippen molar-refractivity contribution < 1.29 is 13.9 Å².